The minimum Gasteiger partial charge on any atom is -0.493 e. The quantitative estimate of drug-likeness (QED) is 0.443. The van der Waals surface area contributed by atoms with Crippen LogP contribution >= 0.6 is 15.9 Å². The molecular weight excluding hydrogens is 356 g/mol. The fourth-order valence-corrected chi connectivity index (χ4v) is 2.27. The average Bonchev–Trinajstić information content (AvgIpc) is 2.57. The Labute approximate surface area is 144 Å². The summed E-state index contributed by atoms with van der Waals surface area (Å²) in [7, 11) is 0. The first-order valence-electron chi connectivity index (χ1n) is 7.51. The number of carbonyl (C=O) groups excluding carboxylic acids is 1. The third-order valence-electron chi connectivity index (χ3n) is 3.13. The molecule has 5 heteroatoms. The van der Waals surface area contributed by atoms with E-state index in [0.29, 0.717) is 12.2 Å². The summed E-state index contributed by atoms with van der Waals surface area (Å²) in [6.07, 6.45) is 3.66. The molecule has 0 fully saturated rings. The van der Waals surface area contributed by atoms with Gasteiger partial charge in [-0.05, 0) is 36.8 Å². The molecule has 1 N–H and O–H groups in total. The lowest BCUT2D eigenvalue weighted by molar-refractivity contribution is 0.0955. The lowest BCUT2D eigenvalue weighted by atomic mass is 10.2. The molecule has 1 amide bonds. The summed E-state index contributed by atoms with van der Waals surface area (Å²) >= 11 is 3.43. The molecule has 0 heterocycles. The third kappa shape index (κ3) is 5.53. The second-order valence-corrected chi connectivity index (χ2v) is 5.86. The molecule has 0 aliphatic heterocycles. The number of benzene rings is 2. The maximum atomic E-state index is 11.9. The van der Waals surface area contributed by atoms with E-state index in [9.17, 15) is 4.79 Å². The van der Waals surface area contributed by atoms with Crippen LogP contribution in [0.15, 0.2) is 58.1 Å². The first-order valence-corrected chi connectivity index (χ1v) is 8.31. The predicted octanol–water partition coefficient (Wildman–Crippen LogP) is 4.39. The molecule has 2 aromatic carbocycles. The average molecular weight is 375 g/mol. The highest BCUT2D eigenvalue weighted by Gasteiger charge is 2.04. The Kier molecular flexibility index (Phi) is 6.81. The van der Waals surface area contributed by atoms with E-state index in [-0.39, 0.29) is 5.91 Å². The third-order valence-corrected chi connectivity index (χ3v) is 3.63. The van der Waals surface area contributed by atoms with Crippen molar-refractivity contribution >= 4 is 28.1 Å². The van der Waals surface area contributed by atoms with Crippen molar-refractivity contribution in [2.45, 2.75) is 19.8 Å². The highest BCUT2D eigenvalue weighted by atomic mass is 79.9. The van der Waals surface area contributed by atoms with Crippen LogP contribution in [0.3, 0.4) is 0 Å². The molecule has 120 valence electrons. The molecule has 0 aliphatic carbocycles. The summed E-state index contributed by atoms with van der Waals surface area (Å²) in [6.45, 7) is 2.78. The minimum atomic E-state index is -0.245. The summed E-state index contributed by atoms with van der Waals surface area (Å²) in [5, 5.41) is 4.02. The maximum absolute atomic E-state index is 11.9. The van der Waals surface area contributed by atoms with Crippen molar-refractivity contribution in [1.29, 1.82) is 0 Å². The van der Waals surface area contributed by atoms with Crippen molar-refractivity contribution in [2.24, 2.45) is 5.10 Å². The number of unbranched alkanes of at least 4 members (excludes halogenated alkanes) is 1. The summed E-state index contributed by atoms with van der Waals surface area (Å²) in [4.78, 5) is 11.9. The van der Waals surface area contributed by atoms with Gasteiger partial charge in [-0.25, -0.2) is 5.43 Å². The molecule has 0 aromatic heterocycles. The van der Waals surface area contributed by atoms with Crippen LogP contribution in [0.1, 0.15) is 35.7 Å². The normalized spacial score (nSPS) is 10.7. The molecule has 0 bridgehead atoms. The van der Waals surface area contributed by atoms with Crippen LogP contribution in [-0.2, 0) is 0 Å². The Bertz CT molecular complexity index is 672. The number of halogens is 1. The van der Waals surface area contributed by atoms with Crippen LogP contribution < -0.4 is 10.2 Å². The van der Waals surface area contributed by atoms with E-state index in [0.717, 1.165) is 28.6 Å². The molecule has 2 aromatic rings. The van der Waals surface area contributed by atoms with Gasteiger partial charge < -0.3 is 4.74 Å². The largest absolute Gasteiger partial charge is 0.493 e. The summed E-state index contributed by atoms with van der Waals surface area (Å²) in [5.74, 6) is 0.504. The van der Waals surface area contributed by atoms with Crippen LogP contribution in [0.2, 0.25) is 0 Å². The molecule has 0 atom stereocenters. The van der Waals surface area contributed by atoms with E-state index in [1.807, 2.05) is 36.4 Å². The van der Waals surface area contributed by atoms with Crippen molar-refractivity contribution in [3.05, 3.63) is 64.1 Å². The second kappa shape index (κ2) is 9.10. The van der Waals surface area contributed by atoms with E-state index in [1.54, 1.807) is 18.3 Å². The number of rotatable bonds is 7. The fourth-order valence-electron chi connectivity index (χ4n) is 1.89. The molecule has 0 spiro atoms. The molecule has 2 rings (SSSR count). The number of hydrazone groups is 1. The van der Waals surface area contributed by atoms with E-state index >= 15 is 0 Å². The van der Waals surface area contributed by atoms with Gasteiger partial charge in [-0.15, -0.1) is 0 Å². The van der Waals surface area contributed by atoms with Gasteiger partial charge in [0.15, 0.2) is 0 Å². The van der Waals surface area contributed by atoms with Crippen LogP contribution in [0.25, 0.3) is 0 Å². The molecular formula is C18H19BrN2O2. The van der Waals surface area contributed by atoms with Gasteiger partial charge in [0.05, 0.1) is 12.8 Å². The zero-order valence-corrected chi connectivity index (χ0v) is 14.5. The van der Waals surface area contributed by atoms with Gasteiger partial charge >= 0.3 is 0 Å². The molecule has 0 aliphatic rings. The number of carbonyl (C=O) groups is 1. The summed E-state index contributed by atoms with van der Waals surface area (Å²) < 4.78 is 6.68. The second-order valence-electron chi connectivity index (χ2n) is 4.95. The highest BCUT2D eigenvalue weighted by molar-refractivity contribution is 9.10. The van der Waals surface area contributed by atoms with Gasteiger partial charge in [0.2, 0.25) is 0 Å². The monoisotopic (exact) mass is 374 g/mol. The number of ether oxygens (including phenoxy) is 1. The van der Waals surface area contributed by atoms with Gasteiger partial charge in [0.25, 0.3) is 5.91 Å². The number of nitrogens with one attached hydrogen (secondary N) is 1. The van der Waals surface area contributed by atoms with Crippen LogP contribution in [0.5, 0.6) is 5.75 Å². The maximum Gasteiger partial charge on any atom is 0.271 e. The standard InChI is InChI=1S/C18H19BrN2O2/c1-2-3-11-23-17-10-9-16(19)12-15(17)13-20-21-18(22)14-7-5-4-6-8-14/h4-10,12-13H,2-3,11H2,1H3,(H,21,22)/b20-13+. The molecule has 0 saturated carbocycles. The Morgan fingerprint density at radius 3 is 2.78 bits per heavy atom. The first kappa shape index (κ1) is 17.2. The van der Waals surface area contributed by atoms with Crippen molar-refractivity contribution < 1.29 is 9.53 Å². The Balaban J connectivity index is 2.03. The number of hydrogen-bond acceptors (Lipinski definition) is 3. The Hall–Kier alpha value is -2.14. The van der Waals surface area contributed by atoms with Crippen LogP contribution in [-0.4, -0.2) is 18.7 Å². The molecule has 0 unspecified atom stereocenters. The van der Waals surface area contributed by atoms with Crippen LogP contribution in [0.4, 0.5) is 0 Å². The Morgan fingerprint density at radius 2 is 2.04 bits per heavy atom. The predicted molar refractivity (Wildman–Crippen MR) is 96.0 cm³/mol. The zero-order valence-electron chi connectivity index (χ0n) is 13.0. The van der Waals surface area contributed by atoms with Gasteiger partial charge in [-0.3, -0.25) is 4.79 Å². The fraction of sp³-hybridized carbons (Fsp3) is 0.222. The van der Waals surface area contributed by atoms with E-state index < -0.39 is 0 Å². The van der Waals surface area contributed by atoms with Gasteiger partial charge in [-0.1, -0.05) is 47.5 Å². The molecule has 4 nitrogen and oxygen atoms in total. The summed E-state index contributed by atoms with van der Waals surface area (Å²) in [6, 6.07) is 14.7. The van der Waals surface area contributed by atoms with Crippen LogP contribution in [0, 0.1) is 0 Å². The van der Waals surface area contributed by atoms with E-state index in [1.165, 1.54) is 0 Å². The van der Waals surface area contributed by atoms with Crippen molar-refractivity contribution in [1.82, 2.24) is 5.43 Å². The Morgan fingerprint density at radius 1 is 1.26 bits per heavy atom. The lowest BCUT2D eigenvalue weighted by Crippen LogP contribution is -2.17. The summed E-state index contributed by atoms with van der Waals surface area (Å²) in [5.41, 5.74) is 3.90. The van der Waals surface area contributed by atoms with Crippen molar-refractivity contribution in [3.63, 3.8) is 0 Å². The van der Waals surface area contributed by atoms with Gasteiger partial charge in [0, 0.05) is 15.6 Å². The van der Waals surface area contributed by atoms with E-state index in [4.69, 9.17) is 4.74 Å². The zero-order chi connectivity index (χ0) is 16.5. The number of hydrogen-bond donors (Lipinski definition) is 1. The molecule has 0 radical (unpaired) electrons. The molecule has 23 heavy (non-hydrogen) atoms. The van der Waals surface area contributed by atoms with Gasteiger partial charge in [0.1, 0.15) is 5.75 Å². The van der Waals surface area contributed by atoms with E-state index in [2.05, 4.69) is 33.4 Å². The topological polar surface area (TPSA) is 50.7 Å². The van der Waals surface area contributed by atoms with Crippen molar-refractivity contribution in [3.8, 4) is 5.75 Å². The highest BCUT2D eigenvalue weighted by Crippen LogP contribution is 2.22. The molecule has 0 saturated heterocycles. The number of nitrogens with zero attached hydrogens (tertiary/aromatic N) is 1. The minimum absolute atomic E-state index is 0.245. The van der Waals surface area contributed by atoms with Crippen molar-refractivity contribution in [2.75, 3.05) is 6.61 Å². The first-order chi connectivity index (χ1) is 11.2. The SMILES string of the molecule is CCCCOc1ccc(Br)cc1/C=N/NC(=O)c1ccccc1. The smallest absolute Gasteiger partial charge is 0.271 e. The number of amides is 1. The van der Waals surface area contributed by atoms with Gasteiger partial charge in [-0.2, -0.15) is 5.10 Å². The lowest BCUT2D eigenvalue weighted by Gasteiger charge is -2.09.